The van der Waals surface area contributed by atoms with Crippen molar-refractivity contribution in [2.24, 2.45) is 0 Å². The highest BCUT2D eigenvalue weighted by Crippen LogP contribution is 1.81. The monoisotopic (exact) mass is 144 g/mol. The van der Waals surface area contributed by atoms with Crippen LogP contribution in [0.1, 0.15) is 6.92 Å². The molecule has 0 unspecified atom stereocenters. The van der Waals surface area contributed by atoms with E-state index in [0.717, 1.165) is 33.2 Å². The summed E-state index contributed by atoms with van der Waals surface area (Å²) in [6.07, 6.45) is 0. The van der Waals surface area contributed by atoms with E-state index in [1.54, 1.807) is 0 Å². The Morgan fingerprint density at radius 3 is 2.20 bits per heavy atom. The molecule has 0 aliphatic carbocycles. The zero-order valence-electron chi connectivity index (χ0n) is 6.48. The summed E-state index contributed by atoms with van der Waals surface area (Å²) < 4.78 is 0. The van der Waals surface area contributed by atoms with Gasteiger partial charge in [-0.15, -0.1) is 0 Å². The molecule has 0 saturated carbocycles. The van der Waals surface area contributed by atoms with Gasteiger partial charge in [-0.3, -0.25) is 20.9 Å². The SMILES string of the molecule is CCN1CNCNCNC1. The molecule has 1 heterocycles. The average molecular weight is 144 g/mol. The minimum Gasteiger partial charge on any atom is -0.292 e. The summed E-state index contributed by atoms with van der Waals surface area (Å²) in [5, 5.41) is 9.71. The zero-order valence-corrected chi connectivity index (χ0v) is 6.48. The van der Waals surface area contributed by atoms with Crippen molar-refractivity contribution in [1.82, 2.24) is 20.9 Å². The lowest BCUT2D eigenvalue weighted by Gasteiger charge is -2.24. The first-order valence-corrected chi connectivity index (χ1v) is 3.78. The third-order valence-corrected chi connectivity index (χ3v) is 1.62. The fourth-order valence-corrected chi connectivity index (χ4v) is 0.947. The van der Waals surface area contributed by atoms with E-state index in [1.807, 2.05) is 0 Å². The molecule has 60 valence electrons. The van der Waals surface area contributed by atoms with Crippen LogP contribution in [0.2, 0.25) is 0 Å². The fraction of sp³-hybridized carbons (Fsp3) is 1.00. The van der Waals surface area contributed by atoms with Crippen molar-refractivity contribution in [2.75, 3.05) is 33.2 Å². The van der Waals surface area contributed by atoms with Crippen LogP contribution in [-0.2, 0) is 0 Å². The predicted molar refractivity (Wildman–Crippen MR) is 41.3 cm³/mol. The van der Waals surface area contributed by atoms with Gasteiger partial charge in [-0.1, -0.05) is 6.92 Å². The van der Waals surface area contributed by atoms with Gasteiger partial charge < -0.3 is 0 Å². The normalized spacial score (nSPS) is 23.7. The van der Waals surface area contributed by atoms with Crippen LogP contribution >= 0.6 is 0 Å². The van der Waals surface area contributed by atoms with Crippen molar-refractivity contribution >= 4 is 0 Å². The number of hydrogen-bond donors (Lipinski definition) is 3. The van der Waals surface area contributed by atoms with Gasteiger partial charge in [0.25, 0.3) is 0 Å². The maximum Gasteiger partial charge on any atom is 0.0502 e. The third-order valence-electron chi connectivity index (χ3n) is 1.62. The van der Waals surface area contributed by atoms with Crippen LogP contribution < -0.4 is 16.0 Å². The fourth-order valence-electron chi connectivity index (χ4n) is 0.947. The summed E-state index contributed by atoms with van der Waals surface area (Å²) in [5.74, 6) is 0. The molecule has 0 aromatic carbocycles. The minimum absolute atomic E-state index is 0.892. The number of hydrogen-bond acceptors (Lipinski definition) is 4. The van der Waals surface area contributed by atoms with E-state index in [9.17, 15) is 0 Å². The Kier molecular flexibility index (Phi) is 3.67. The van der Waals surface area contributed by atoms with Crippen molar-refractivity contribution in [2.45, 2.75) is 6.92 Å². The van der Waals surface area contributed by atoms with Gasteiger partial charge in [0, 0.05) is 13.3 Å². The van der Waals surface area contributed by atoms with E-state index in [2.05, 4.69) is 27.8 Å². The van der Waals surface area contributed by atoms with Crippen LogP contribution in [0.15, 0.2) is 0 Å². The van der Waals surface area contributed by atoms with Crippen molar-refractivity contribution in [1.29, 1.82) is 0 Å². The van der Waals surface area contributed by atoms with Crippen molar-refractivity contribution < 1.29 is 0 Å². The Hall–Kier alpha value is -0.160. The molecule has 0 amide bonds. The third kappa shape index (κ3) is 2.62. The topological polar surface area (TPSA) is 39.3 Å². The Morgan fingerprint density at radius 2 is 1.70 bits per heavy atom. The second-order valence-electron chi connectivity index (χ2n) is 2.41. The molecular formula is C6H16N4. The van der Waals surface area contributed by atoms with E-state index in [-0.39, 0.29) is 0 Å². The lowest BCUT2D eigenvalue weighted by atomic mass is 10.6. The molecule has 1 aliphatic heterocycles. The molecule has 0 spiro atoms. The molecule has 4 heteroatoms. The second kappa shape index (κ2) is 4.62. The molecule has 1 saturated heterocycles. The van der Waals surface area contributed by atoms with Gasteiger partial charge in [0.1, 0.15) is 0 Å². The summed E-state index contributed by atoms with van der Waals surface area (Å²) in [6, 6.07) is 0. The van der Waals surface area contributed by atoms with E-state index < -0.39 is 0 Å². The van der Waals surface area contributed by atoms with Gasteiger partial charge in [-0.25, -0.2) is 0 Å². The van der Waals surface area contributed by atoms with Gasteiger partial charge in [0.15, 0.2) is 0 Å². The van der Waals surface area contributed by atoms with E-state index in [0.29, 0.717) is 0 Å². The van der Waals surface area contributed by atoms with E-state index in [1.165, 1.54) is 0 Å². The van der Waals surface area contributed by atoms with E-state index >= 15 is 0 Å². The van der Waals surface area contributed by atoms with Gasteiger partial charge in [0.2, 0.25) is 0 Å². The van der Waals surface area contributed by atoms with Gasteiger partial charge in [-0.2, -0.15) is 0 Å². The Labute approximate surface area is 62.0 Å². The van der Waals surface area contributed by atoms with Crippen LogP contribution in [-0.4, -0.2) is 38.1 Å². The van der Waals surface area contributed by atoms with Crippen LogP contribution in [0, 0.1) is 0 Å². The van der Waals surface area contributed by atoms with Crippen molar-refractivity contribution in [3.63, 3.8) is 0 Å². The lowest BCUT2D eigenvalue weighted by Crippen LogP contribution is -2.49. The molecule has 4 nitrogen and oxygen atoms in total. The van der Waals surface area contributed by atoms with Crippen LogP contribution in [0.3, 0.4) is 0 Å². The first-order valence-electron chi connectivity index (χ1n) is 3.78. The predicted octanol–water partition coefficient (Wildman–Crippen LogP) is -1.08. The first kappa shape index (κ1) is 7.94. The summed E-state index contributed by atoms with van der Waals surface area (Å²) in [5.41, 5.74) is 0. The van der Waals surface area contributed by atoms with Crippen LogP contribution in [0.25, 0.3) is 0 Å². The highest BCUT2D eigenvalue weighted by molar-refractivity contribution is 4.55. The molecule has 1 fully saturated rings. The molecule has 0 aromatic heterocycles. The molecule has 0 radical (unpaired) electrons. The number of nitrogens with zero attached hydrogens (tertiary/aromatic N) is 1. The summed E-state index contributed by atoms with van der Waals surface area (Å²) in [4.78, 5) is 2.31. The van der Waals surface area contributed by atoms with Crippen LogP contribution in [0.5, 0.6) is 0 Å². The molecule has 3 N–H and O–H groups in total. The molecule has 0 aromatic rings. The zero-order chi connectivity index (χ0) is 7.23. The standard InChI is InChI=1S/C6H16N4/c1-2-10-5-8-3-7-4-9-6-10/h7-9H,2-6H2,1H3. The number of rotatable bonds is 1. The quantitative estimate of drug-likeness (QED) is 0.438. The largest absolute Gasteiger partial charge is 0.292 e. The first-order chi connectivity index (χ1) is 4.93. The molecule has 0 bridgehead atoms. The highest BCUT2D eigenvalue weighted by Gasteiger charge is 2.01. The van der Waals surface area contributed by atoms with Gasteiger partial charge in [-0.05, 0) is 6.54 Å². The van der Waals surface area contributed by atoms with Crippen LogP contribution in [0.4, 0.5) is 0 Å². The number of nitrogens with one attached hydrogen (secondary N) is 3. The molecule has 10 heavy (non-hydrogen) atoms. The Morgan fingerprint density at radius 1 is 1.10 bits per heavy atom. The summed E-state index contributed by atoms with van der Waals surface area (Å²) >= 11 is 0. The lowest BCUT2D eigenvalue weighted by molar-refractivity contribution is 0.223. The van der Waals surface area contributed by atoms with Gasteiger partial charge in [0.05, 0.1) is 13.3 Å². The average Bonchev–Trinajstić information content (AvgIpc) is 1.87. The minimum atomic E-state index is 0.892. The molecule has 1 rings (SSSR count). The van der Waals surface area contributed by atoms with E-state index in [4.69, 9.17) is 0 Å². The van der Waals surface area contributed by atoms with Crippen molar-refractivity contribution in [3.05, 3.63) is 0 Å². The maximum atomic E-state index is 3.26. The molecular weight excluding hydrogens is 128 g/mol. The Bertz CT molecular complexity index is 77.8. The molecule has 0 atom stereocenters. The summed E-state index contributed by atoms with van der Waals surface area (Å²) in [7, 11) is 0. The second-order valence-corrected chi connectivity index (χ2v) is 2.41. The van der Waals surface area contributed by atoms with Crippen molar-refractivity contribution in [3.8, 4) is 0 Å². The highest BCUT2D eigenvalue weighted by atomic mass is 15.3. The Balaban J connectivity index is 2.16. The maximum absolute atomic E-state index is 3.26. The smallest absolute Gasteiger partial charge is 0.0502 e. The summed E-state index contributed by atoms with van der Waals surface area (Å²) in [6.45, 7) is 6.98. The molecule has 1 aliphatic rings. The van der Waals surface area contributed by atoms with Gasteiger partial charge >= 0.3 is 0 Å².